The summed E-state index contributed by atoms with van der Waals surface area (Å²) in [7, 11) is -4.20. The molecule has 4 fully saturated rings. The van der Waals surface area contributed by atoms with Crippen LogP contribution in [0.3, 0.4) is 0 Å². The van der Waals surface area contributed by atoms with Gasteiger partial charge in [-0.2, -0.15) is 8.42 Å². The van der Waals surface area contributed by atoms with Gasteiger partial charge >= 0.3 is 0 Å². The van der Waals surface area contributed by atoms with E-state index in [1.54, 1.807) is 0 Å². The van der Waals surface area contributed by atoms with Crippen LogP contribution >= 0.6 is 0 Å². The summed E-state index contributed by atoms with van der Waals surface area (Å²) < 4.78 is 30.5. The van der Waals surface area contributed by atoms with Crippen LogP contribution in [0, 0.1) is 46.3 Å². The smallest absolute Gasteiger partial charge is 0.266 e. The molecule has 0 aromatic carbocycles. The molecule has 0 saturated heterocycles. The summed E-state index contributed by atoms with van der Waals surface area (Å²) in [5.74, 6) is -0.726. The van der Waals surface area contributed by atoms with E-state index in [1.165, 1.54) is 0 Å². The van der Waals surface area contributed by atoms with Crippen LogP contribution in [0.2, 0.25) is 0 Å². The minimum absolute atomic E-state index is 0.00101. The molecule has 0 radical (unpaired) electrons. The third-order valence-electron chi connectivity index (χ3n) is 11.0. The SMILES string of the molecule is C[C@H](CC(O)C(=O)NCCS(=O)(=O)O)C1C[C@H](O)[C@H]2C3C(CCC12C)C1(C)CC[C@@H](O)CC1C[C@H]3O. The number of nitrogens with one attached hydrogen (secondary N) is 1. The van der Waals surface area contributed by atoms with Gasteiger partial charge < -0.3 is 25.7 Å². The van der Waals surface area contributed by atoms with Gasteiger partial charge in [-0.3, -0.25) is 9.35 Å². The first-order valence-electron chi connectivity index (χ1n) is 13.6. The summed E-state index contributed by atoms with van der Waals surface area (Å²) in [6.45, 7) is 6.25. The van der Waals surface area contributed by atoms with Crippen molar-refractivity contribution in [3.63, 3.8) is 0 Å². The molecule has 4 rings (SSSR count). The zero-order valence-electron chi connectivity index (χ0n) is 21.7. The largest absolute Gasteiger partial charge is 0.393 e. The van der Waals surface area contributed by atoms with Crippen LogP contribution in [0.4, 0.5) is 0 Å². The van der Waals surface area contributed by atoms with Crippen molar-refractivity contribution in [1.82, 2.24) is 5.32 Å². The second-order valence-electron chi connectivity index (χ2n) is 12.9. The lowest BCUT2D eigenvalue weighted by Crippen LogP contribution is -2.60. The van der Waals surface area contributed by atoms with Gasteiger partial charge in [-0.1, -0.05) is 20.8 Å². The number of carbonyl (C=O) groups is 1. The molecular weight excluding hydrogens is 486 g/mol. The summed E-state index contributed by atoms with van der Waals surface area (Å²) >= 11 is 0. The van der Waals surface area contributed by atoms with Crippen LogP contribution in [0.5, 0.6) is 0 Å². The fourth-order valence-electron chi connectivity index (χ4n) is 9.22. The predicted octanol–water partition coefficient (Wildman–Crippen LogP) is 1.34. The van der Waals surface area contributed by atoms with Gasteiger partial charge in [0.25, 0.3) is 10.1 Å². The molecule has 4 saturated carbocycles. The maximum Gasteiger partial charge on any atom is 0.266 e. The van der Waals surface area contributed by atoms with Crippen molar-refractivity contribution in [2.75, 3.05) is 12.3 Å². The Kier molecular flexibility index (Phi) is 7.90. The Morgan fingerprint density at radius 1 is 1.03 bits per heavy atom. The van der Waals surface area contributed by atoms with Crippen LogP contribution in [0.1, 0.15) is 72.1 Å². The highest BCUT2D eigenvalue weighted by Crippen LogP contribution is 2.68. The Morgan fingerprint density at radius 3 is 2.36 bits per heavy atom. The molecule has 12 atom stereocenters. The van der Waals surface area contributed by atoms with E-state index in [-0.39, 0.29) is 53.6 Å². The molecule has 36 heavy (non-hydrogen) atoms. The minimum Gasteiger partial charge on any atom is -0.393 e. The number of carbonyl (C=O) groups excluding carboxylic acids is 1. The van der Waals surface area contributed by atoms with Crippen LogP contribution in [0.15, 0.2) is 0 Å². The molecule has 10 heteroatoms. The molecule has 7 unspecified atom stereocenters. The van der Waals surface area contributed by atoms with Gasteiger partial charge in [0, 0.05) is 6.54 Å². The summed E-state index contributed by atoms with van der Waals surface area (Å²) in [6.07, 6.45) is 3.11. The number of hydrogen-bond donors (Lipinski definition) is 6. The third-order valence-corrected chi connectivity index (χ3v) is 11.7. The van der Waals surface area contributed by atoms with Gasteiger partial charge in [0.1, 0.15) is 6.10 Å². The highest BCUT2D eigenvalue weighted by molar-refractivity contribution is 7.85. The van der Waals surface area contributed by atoms with Gasteiger partial charge in [0.05, 0.1) is 24.1 Å². The molecular formula is C26H45NO8S. The van der Waals surface area contributed by atoms with E-state index in [0.717, 1.165) is 32.1 Å². The average molecular weight is 532 g/mol. The standard InChI is InChI=1S/C26H45NO8S/c1-14(10-21(31)24(32)27-8-9-36(33,34)35)18-13-20(30)23-22-17(5-7-26(18,23)3)25(2)6-4-16(28)11-15(25)12-19(22)29/h14-23,28-31H,4-13H2,1-3H3,(H,27,32)(H,33,34,35)/t14-,15?,16-,17?,18?,19-,20+,21?,22?,23+,25?,26?/m1/s1. The zero-order chi connectivity index (χ0) is 26.6. The van der Waals surface area contributed by atoms with Gasteiger partial charge in [0.15, 0.2) is 0 Å². The molecule has 0 aromatic rings. The van der Waals surface area contributed by atoms with Gasteiger partial charge in [-0.25, -0.2) is 0 Å². The normalized spacial score (nSPS) is 46.2. The number of fused-ring (bicyclic) bond motifs is 5. The topological polar surface area (TPSA) is 164 Å². The third kappa shape index (κ3) is 5.10. The van der Waals surface area contributed by atoms with Crippen LogP contribution < -0.4 is 5.32 Å². The summed E-state index contributed by atoms with van der Waals surface area (Å²) in [5, 5.41) is 45.8. The average Bonchev–Trinajstić information content (AvgIpc) is 3.05. The van der Waals surface area contributed by atoms with Crippen molar-refractivity contribution >= 4 is 16.0 Å². The molecule has 1 amide bonds. The molecule has 9 nitrogen and oxygen atoms in total. The first-order valence-corrected chi connectivity index (χ1v) is 15.2. The second-order valence-corrected chi connectivity index (χ2v) is 14.5. The fourth-order valence-corrected chi connectivity index (χ4v) is 9.58. The van der Waals surface area contributed by atoms with Crippen molar-refractivity contribution in [2.45, 2.75) is 96.6 Å². The van der Waals surface area contributed by atoms with Gasteiger partial charge in [0.2, 0.25) is 5.91 Å². The highest BCUT2D eigenvalue weighted by Gasteiger charge is 2.65. The minimum atomic E-state index is -4.20. The van der Waals surface area contributed by atoms with E-state index >= 15 is 0 Å². The second kappa shape index (κ2) is 10.1. The first-order chi connectivity index (χ1) is 16.7. The Balaban J connectivity index is 1.46. The van der Waals surface area contributed by atoms with E-state index < -0.39 is 40.1 Å². The Hall–Kier alpha value is -0.780. The van der Waals surface area contributed by atoms with Crippen molar-refractivity contribution in [3.05, 3.63) is 0 Å². The van der Waals surface area contributed by atoms with Gasteiger partial charge in [-0.05, 0) is 97.7 Å². The number of rotatable bonds is 7. The number of amides is 1. The Morgan fingerprint density at radius 2 is 1.69 bits per heavy atom. The Bertz CT molecular complexity index is 929. The quantitative estimate of drug-likeness (QED) is 0.268. The lowest BCUT2D eigenvalue weighted by atomic mass is 9.43. The fraction of sp³-hybridized carbons (Fsp3) is 0.962. The van der Waals surface area contributed by atoms with Crippen molar-refractivity contribution < 1.29 is 38.2 Å². The molecule has 208 valence electrons. The number of aliphatic hydroxyl groups is 4. The Labute approximate surface area is 214 Å². The van der Waals surface area contributed by atoms with E-state index in [0.29, 0.717) is 24.7 Å². The molecule has 4 aliphatic carbocycles. The summed E-state index contributed by atoms with van der Waals surface area (Å²) in [5.41, 5.74) is -0.163. The summed E-state index contributed by atoms with van der Waals surface area (Å²) in [4.78, 5) is 12.3. The van der Waals surface area contributed by atoms with E-state index in [9.17, 15) is 33.6 Å². The predicted molar refractivity (Wildman–Crippen MR) is 133 cm³/mol. The van der Waals surface area contributed by atoms with Crippen molar-refractivity contribution in [3.8, 4) is 0 Å². The molecule has 0 bridgehead atoms. The molecule has 0 heterocycles. The van der Waals surface area contributed by atoms with Crippen LogP contribution in [-0.4, -0.2) is 76.0 Å². The van der Waals surface area contributed by atoms with Gasteiger partial charge in [-0.15, -0.1) is 0 Å². The van der Waals surface area contributed by atoms with E-state index in [2.05, 4.69) is 19.2 Å². The maximum atomic E-state index is 12.3. The molecule has 6 N–H and O–H groups in total. The number of aliphatic hydroxyl groups excluding tert-OH is 4. The lowest BCUT2D eigenvalue weighted by molar-refractivity contribution is -0.185. The monoisotopic (exact) mass is 531 g/mol. The molecule has 0 aliphatic heterocycles. The van der Waals surface area contributed by atoms with E-state index in [4.69, 9.17) is 4.55 Å². The lowest BCUT2D eigenvalue weighted by Gasteiger charge is -2.62. The van der Waals surface area contributed by atoms with Crippen LogP contribution in [0.25, 0.3) is 0 Å². The van der Waals surface area contributed by atoms with Crippen molar-refractivity contribution in [1.29, 1.82) is 0 Å². The highest BCUT2D eigenvalue weighted by atomic mass is 32.2. The molecule has 0 aromatic heterocycles. The number of hydrogen-bond acceptors (Lipinski definition) is 7. The summed E-state index contributed by atoms with van der Waals surface area (Å²) in [6, 6.07) is 0. The maximum absolute atomic E-state index is 12.3. The molecule has 0 spiro atoms. The molecule has 4 aliphatic rings. The zero-order valence-corrected chi connectivity index (χ0v) is 22.5. The first kappa shape index (κ1) is 28.2. The van der Waals surface area contributed by atoms with E-state index in [1.807, 2.05) is 6.92 Å². The van der Waals surface area contributed by atoms with Crippen LogP contribution in [-0.2, 0) is 14.9 Å². The van der Waals surface area contributed by atoms with Crippen molar-refractivity contribution in [2.24, 2.45) is 46.3 Å².